The number of anilines is 1. The Balaban J connectivity index is 1.43. The van der Waals surface area contributed by atoms with E-state index in [0.29, 0.717) is 11.9 Å². The Labute approximate surface area is 150 Å². The molecule has 2 fully saturated rings. The van der Waals surface area contributed by atoms with Crippen molar-refractivity contribution in [2.24, 2.45) is 11.8 Å². The Morgan fingerprint density at radius 2 is 1.84 bits per heavy atom. The average molecular weight is 345 g/mol. The first-order chi connectivity index (χ1) is 12.2. The van der Waals surface area contributed by atoms with Gasteiger partial charge in [-0.2, -0.15) is 0 Å². The molecule has 1 aliphatic heterocycles. The molecule has 3 N–H and O–H groups in total. The molecule has 0 radical (unpaired) electrons. The lowest BCUT2D eigenvalue weighted by atomic mass is 9.96. The number of nitrogens with one attached hydrogen (secondary N) is 1. The van der Waals surface area contributed by atoms with Gasteiger partial charge in [0.2, 0.25) is 11.9 Å². The van der Waals surface area contributed by atoms with Crippen molar-refractivity contribution in [1.29, 1.82) is 0 Å². The molecular weight excluding hydrogens is 314 g/mol. The standard InChI is InChI=1S/C19H31N5O/c20-19-22-11-16(12-23-19)14-24-9-5-6-15(13-24)10-21-18(25)17-7-3-1-2-4-8-17/h11-12,15,17H,1-10,13-14H2,(H,21,25)(H2,20,22,23)/t15-/m0/s1. The number of rotatable bonds is 5. The van der Waals surface area contributed by atoms with Crippen LogP contribution in [0.15, 0.2) is 12.4 Å². The van der Waals surface area contributed by atoms with Gasteiger partial charge in [-0.1, -0.05) is 25.7 Å². The molecule has 0 spiro atoms. The summed E-state index contributed by atoms with van der Waals surface area (Å²) in [6, 6.07) is 0. The van der Waals surface area contributed by atoms with Gasteiger partial charge in [-0.3, -0.25) is 9.69 Å². The van der Waals surface area contributed by atoms with E-state index in [2.05, 4.69) is 20.2 Å². The molecule has 0 bridgehead atoms. The van der Waals surface area contributed by atoms with Crippen molar-refractivity contribution < 1.29 is 4.79 Å². The molecule has 6 nitrogen and oxygen atoms in total. The number of amides is 1. The molecule has 2 heterocycles. The fourth-order valence-electron chi connectivity index (χ4n) is 4.10. The van der Waals surface area contributed by atoms with Gasteiger partial charge in [0, 0.05) is 43.5 Å². The molecule has 1 aromatic heterocycles. The van der Waals surface area contributed by atoms with Crippen molar-refractivity contribution in [1.82, 2.24) is 20.2 Å². The van der Waals surface area contributed by atoms with E-state index in [9.17, 15) is 4.79 Å². The monoisotopic (exact) mass is 345 g/mol. The average Bonchev–Trinajstić information content (AvgIpc) is 2.91. The highest BCUT2D eigenvalue weighted by Crippen LogP contribution is 2.23. The van der Waals surface area contributed by atoms with Gasteiger partial charge in [-0.15, -0.1) is 0 Å². The Kier molecular flexibility index (Phi) is 6.62. The number of nitrogens with two attached hydrogens (primary N) is 1. The second kappa shape index (κ2) is 9.13. The summed E-state index contributed by atoms with van der Waals surface area (Å²) in [6.45, 7) is 3.78. The van der Waals surface area contributed by atoms with Crippen LogP contribution in [-0.4, -0.2) is 40.4 Å². The second-order valence-corrected chi connectivity index (χ2v) is 7.63. The molecule has 1 saturated carbocycles. The van der Waals surface area contributed by atoms with Crippen LogP contribution >= 0.6 is 0 Å². The Bertz CT molecular complexity index is 539. The molecule has 2 aliphatic rings. The van der Waals surface area contributed by atoms with Gasteiger partial charge in [-0.25, -0.2) is 9.97 Å². The number of hydrogen-bond donors (Lipinski definition) is 2. The lowest BCUT2D eigenvalue weighted by Crippen LogP contribution is -2.42. The smallest absolute Gasteiger partial charge is 0.223 e. The van der Waals surface area contributed by atoms with Crippen LogP contribution < -0.4 is 11.1 Å². The third-order valence-electron chi connectivity index (χ3n) is 5.53. The summed E-state index contributed by atoms with van der Waals surface area (Å²) in [5.41, 5.74) is 6.64. The molecule has 0 unspecified atom stereocenters. The van der Waals surface area contributed by atoms with Crippen LogP contribution in [0.1, 0.15) is 56.9 Å². The van der Waals surface area contributed by atoms with Crippen LogP contribution in [0.2, 0.25) is 0 Å². The van der Waals surface area contributed by atoms with E-state index in [1.54, 1.807) is 12.4 Å². The van der Waals surface area contributed by atoms with E-state index in [1.165, 1.54) is 38.5 Å². The maximum Gasteiger partial charge on any atom is 0.223 e. The normalized spacial score (nSPS) is 23.1. The number of carbonyl (C=O) groups is 1. The highest BCUT2D eigenvalue weighted by Gasteiger charge is 2.23. The molecule has 1 atom stereocenters. The largest absolute Gasteiger partial charge is 0.368 e. The molecule has 25 heavy (non-hydrogen) atoms. The third kappa shape index (κ3) is 5.66. The minimum atomic E-state index is 0.245. The van der Waals surface area contributed by atoms with E-state index in [1.807, 2.05) is 0 Å². The highest BCUT2D eigenvalue weighted by molar-refractivity contribution is 5.78. The maximum absolute atomic E-state index is 12.4. The Morgan fingerprint density at radius 1 is 1.12 bits per heavy atom. The summed E-state index contributed by atoms with van der Waals surface area (Å²) >= 11 is 0. The number of hydrogen-bond acceptors (Lipinski definition) is 5. The zero-order chi connectivity index (χ0) is 17.5. The van der Waals surface area contributed by atoms with E-state index in [-0.39, 0.29) is 11.8 Å². The van der Waals surface area contributed by atoms with Gasteiger partial charge in [0.1, 0.15) is 0 Å². The van der Waals surface area contributed by atoms with Crippen LogP contribution in [0.4, 0.5) is 5.95 Å². The SMILES string of the molecule is Nc1ncc(CN2CCC[C@@H](CNC(=O)C3CCCCCC3)C2)cn1. The Morgan fingerprint density at radius 3 is 2.56 bits per heavy atom. The van der Waals surface area contributed by atoms with Crippen LogP contribution in [0, 0.1) is 11.8 Å². The first-order valence-corrected chi connectivity index (χ1v) is 9.77. The number of nitrogens with zero attached hydrogens (tertiary/aromatic N) is 3. The molecule has 3 rings (SSSR count). The molecule has 1 aliphatic carbocycles. The molecular formula is C19H31N5O. The van der Waals surface area contributed by atoms with Gasteiger partial charge < -0.3 is 11.1 Å². The predicted molar refractivity (Wildman–Crippen MR) is 98.6 cm³/mol. The summed E-state index contributed by atoms with van der Waals surface area (Å²) in [5, 5.41) is 3.23. The van der Waals surface area contributed by atoms with Crippen molar-refractivity contribution in [2.45, 2.75) is 57.9 Å². The molecule has 6 heteroatoms. The summed E-state index contributed by atoms with van der Waals surface area (Å²) in [6.07, 6.45) is 13.1. The molecule has 1 amide bonds. The quantitative estimate of drug-likeness (QED) is 0.800. The van der Waals surface area contributed by atoms with Crippen LogP contribution in [0.5, 0.6) is 0 Å². The fourth-order valence-corrected chi connectivity index (χ4v) is 4.10. The van der Waals surface area contributed by atoms with Crippen molar-refractivity contribution in [3.8, 4) is 0 Å². The number of nitrogen functional groups attached to an aromatic ring is 1. The molecule has 1 saturated heterocycles. The lowest BCUT2D eigenvalue weighted by molar-refractivity contribution is -0.125. The lowest BCUT2D eigenvalue weighted by Gasteiger charge is -2.33. The first-order valence-electron chi connectivity index (χ1n) is 9.77. The van der Waals surface area contributed by atoms with Gasteiger partial charge in [0.25, 0.3) is 0 Å². The number of likely N-dealkylation sites (tertiary alicyclic amines) is 1. The third-order valence-corrected chi connectivity index (χ3v) is 5.53. The van der Waals surface area contributed by atoms with Gasteiger partial charge in [-0.05, 0) is 38.1 Å². The molecule has 1 aromatic rings. The number of piperidine rings is 1. The zero-order valence-electron chi connectivity index (χ0n) is 15.1. The van der Waals surface area contributed by atoms with Crippen molar-refractivity contribution >= 4 is 11.9 Å². The topological polar surface area (TPSA) is 84.1 Å². The van der Waals surface area contributed by atoms with Crippen LogP contribution in [0.3, 0.4) is 0 Å². The summed E-state index contributed by atoms with van der Waals surface area (Å²) in [5.74, 6) is 1.39. The van der Waals surface area contributed by atoms with E-state index in [0.717, 1.165) is 44.6 Å². The van der Waals surface area contributed by atoms with Crippen LogP contribution in [0.25, 0.3) is 0 Å². The highest BCUT2D eigenvalue weighted by atomic mass is 16.1. The van der Waals surface area contributed by atoms with Crippen molar-refractivity contribution in [3.05, 3.63) is 18.0 Å². The van der Waals surface area contributed by atoms with Crippen molar-refractivity contribution in [3.63, 3.8) is 0 Å². The number of carbonyl (C=O) groups excluding carboxylic acids is 1. The van der Waals surface area contributed by atoms with E-state index >= 15 is 0 Å². The van der Waals surface area contributed by atoms with Gasteiger partial charge >= 0.3 is 0 Å². The minimum absolute atomic E-state index is 0.245. The fraction of sp³-hybridized carbons (Fsp3) is 0.737. The maximum atomic E-state index is 12.4. The summed E-state index contributed by atoms with van der Waals surface area (Å²) in [7, 11) is 0. The predicted octanol–water partition coefficient (Wildman–Crippen LogP) is 2.36. The van der Waals surface area contributed by atoms with E-state index < -0.39 is 0 Å². The minimum Gasteiger partial charge on any atom is -0.368 e. The number of aromatic nitrogens is 2. The zero-order valence-corrected chi connectivity index (χ0v) is 15.1. The van der Waals surface area contributed by atoms with E-state index in [4.69, 9.17) is 5.73 Å². The van der Waals surface area contributed by atoms with Crippen LogP contribution in [-0.2, 0) is 11.3 Å². The molecule has 0 aromatic carbocycles. The summed E-state index contributed by atoms with van der Waals surface area (Å²) < 4.78 is 0. The van der Waals surface area contributed by atoms with Crippen molar-refractivity contribution in [2.75, 3.05) is 25.4 Å². The van der Waals surface area contributed by atoms with Gasteiger partial charge in [0.15, 0.2) is 0 Å². The summed E-state index contributed by atoms with van der Waals surface area (Å²) in [4.78, 5) is 23.0. The first kappa shape index (κ1) is 18.1. The molecule has 138 valence electrons. The van der Waals surface area contributed by atoms with Gasteiger partial charge in [0.05, 0.1) is 0 Å². The Hall–Kier alpha value is -1.69. The second-order valence-electron chi connectivity index (χ2n) is 7.63.